The molecule has 166 valence electrons. The van der Waals surface area contributed by atoms with Gasteiger partial charge in [-0.25, -0.2) is 0 Å². The van der Waals surface area contributed by atoms with Gasteiger partial charge in [-0.15, -0.1) is 6.58 Å². The Morgan fingerprint density at radius 2 is 1.29 bits per heavy atom. The summed E-state index contributed by atoms with van der Waals surface area (Å²) in [6, 6.07) is 0. The van der Waals surface area contributed by atoms with Crippen molar-refractivity contribution in [3.05, 3.63) is 12.7 Å². The minimum Gasteiger partial charge on any atom is -0.465 e. The van der Waals surface area contributed by atoms with Crippen molar-refractivity contribution in [1.29, 1.82) is 0 Å². The molecule has 0 saturated carbocycles. The summed E-state index contributed by atoms with van der Waals surface area (Å²) in [5, 5.41) is 0. The highest BCUT2D eigenvalue weighted by molar-refractivity contribution is 5.69. The Labute approximate surface area is 176 Å². The summed E-state index contributed by atoms with van der Waals surface area (Å²) >= 11 is 0. The Morgan fingerprint density at radius 3 is 1.75 bits per heavy atom. The third-order valence-corrected chi connectivity index (χ3v) is 5.81. The van der Waals surface area contributed by atoms with E-state index in [-0.39, 0.29) is 5.97 Å². The topological polar surface area (TPSA) is 26.3 Å². The first-order valence-electron chi connectivity index (χ1n) is 12.5. The fourth-order valence-electron chi connectivity index (χ4n) is 3.68. The molecule has 0 amide bonds. The van der Waals surface area contributed by atoms with Crippen LogP contribution >= 0.6 is 0 Å². The lowest BCUT2D eigenvalue weighted by Gasteiger charge is -2.14. The van der Waals surface area contributed by atoms with Crippen LogP contribution in [0.1, 0.15) is 136 Å². The number of hydrogen-bond acceptors (Lipinski definition) is 2. The zero-order chi connectivity index (χ0) is 20.7. The van der Waals surface area contributed by atoms with Gasteiger partial charge in [-0.1, -0.05) is 110 Å². The van der Waals surface area contributed by atoms with Gasteiger partial charge in [-0.05, 0) is 31.6 Å². The summed E-state index contributed by atoms with van der Waals surface area (Å²) in [6.07, 6.45) is 25.8. The maximum atomic E-state index is 11.8. The first-order valence-corrected chi connectivity index (χ1v) is 12.5. The number of esters is 1. The van der Waals surface area contributed by atoms with Gasteiger partial charge in [0.2, 0.25) is 0 Å². The van der Waals surface area contributed by atoms with Gasteiger partial charge in [0.15, 0.2) is 0 Å². The normalized spacial score (nSPS) is 12.1. The number of ether oxygens (including phenoxy) is 1. The van der Waals surface area contributed by atoms with Crippen LogP contribution in [0.15, 0.2) is 12.7 Å². The molecule has 0 N–H and O–H groups in total. The minimum atomic E-state index is 0.0134. The summed E-state index contributed by atoms with van der Waals surface area (Å²) in [5.41, 5.74) is 0. The van der Waals surface area contributed by atoms with Crippen LogP contribution < -0.4 is 0 Å². The van der Waals surface area contributed by atoms with Crippen molar-refractivity contribution < 1.29 is 9.53 Å². The first-order chi connectivity index (χ1) is 13.7. The quantitative estimate of drug-likeness (QED) is 0.104. The largest absolute Gasteiger partial charge is 0.465 e. The Hall–Kier alpha value is -0.790. The van der Waals surface area contributed by atoms with Gasteiger partial charge in [0.1, 0.15) is 0 Å². The molecule has 28 heavy (non-hydrogen) atoms. The number of carbonyl (C=O) groups excluding carboxylic acids is 1. The molecule has 0 aromatic rings. The zero-order valence-electron chi connectivity index (χ0n) is 19.3. The lowest BCUT2D eigenvalue weighted by atomic mass is 10.0. The van der Waals surface area contributed by atoms with Crippen LogP contribution in [-0.4, -0.2) is 12.6 Å². The second-order valence-electron chi connectivity index (χ2n) is 8.52. The van der Waals surface area contributed by atoms with E-state index < -0.39 is 0 Å². The number of rotatable bonds is 22. The summed E-state index contributed by atoms with van der Waals surface area (Å²) in [6.45, 7) is 8.81. The van der Waals surface area contributed by atoms with E-state index in [1.165, 1.54) is 103 Å². The van der Waals surface area contributed by atoms with Crippen LogP contribution in [0.5, 0.6) is 0 Å². The Balaban J connectivity index is 3.27. The van der Waals surface area contributed by atoms with Crippen molar-refractivity contribution in [3.8, 4) is 0 Å². The molecular weight excluding hydrogens is 344 g/mol. The molecule has 0 radical (unpaired) electrons. The number of unbranched alkanes of at least 4 members (excludes halogenated alkanes) is 14. The Kier molecular flexibility index (Phi) is 21.9. The second kappa shape index (κ2) is 22.5. The molecule has 0 aromatic heterocycles. The van der Waals surface area contributed by atoms with Crippen molar-refractivity contribution in [1.82, 2.24) is 0 Å². The van der Waals surface area contributed by atoms with E-state index in [2.05, 4.69) is 20.4 Å². The van der Waals surface area contributed by atoms with Gasteiger partial charge >= 0.3 is 5.97 Å². The minimum absolute atomic E-state index is 0.0134. The van der Waals surface area contributed by atoms with Gasteiger partial charge in [0.25, 0.3) is 0 Å². The van der Waals surface area contributed by atoms with E-state index in [0.717, 1.165) is 12.8 Å². The van der Waals surface area contributed by atoms with Crippen LogP contribution in [0.25, 0.3) is 0 Å². The molecule has 0 aromatic carbocycles. The SMILES string of the molecule is C=CCCCCCCCCCCCCCCCC(=O)OCC(CC)CCCC. The van der Waals surface area contributed by atoms with E-state index in [4.69, 9.17) is 4.74 Å². The molecule has 0 bridgehead atoms. The maximum absolute atomic E-state index is 11.8. The predicted molar refractivity (Wildman–Crippen MR) is 124 cm³/mol. The highest BCUT2D eigenvalue weighted by atomic mass is 16.5. The fraction of sp³-hybridized carbons (Fsp3) is 0.885. The molecular formula is C26H50O2. The Morgan fingerprint density at radius 1 is 0.786 bits per heavy atom. The van der Waals surface area contributed by atoms with Gasteiger partial charge in [0.05, 0.1) is 6.61 Å². The highest BCUT2D eigenvalue weighted by Crippen LogP contribution is 2.15. The number of carbonyl (C=O) groups is 1. The number of allylic oxidation sites excluding steroid dienone is 1. The zero-order valence-corrected chi connectivity index (χ0v) is 19.3. The lowest BCUT2D eigenvalue weighted by Crippen LogP contribution is -2.13. The summed E-state index contributed by atoms with van der Waals surface area (Å²) in [7, 11) is 0. The van der Waals surface area contributed by atoms with E-state index in [1.54, 1.807) is 0 Å². The van der Waals surface area contributed by atoms with E-state index in [1.807, 2.05) is 6.08 Å². The molecule has 0 rings (SSSR count). The maximum Gasteiger partial charge on any atom is 0.305 e. The molecule has 2 nitrogen and oxygen atoms in total. The van der Waals surface area contributed by atoms with E-state index in [9.17, 15) is 4.79 Å². The third-order valence-electron chi connectivity index (χ3n) is 5.81. The monoisotopic (exact) mass is 394 g/mol. The molecule has 0 aliphatic carbocycles. The van der Waals surface area contributed by atoms with Gasteiger partial charge in [-0.2, -0.15) is 0 Å². The Bertz CT molecular complexity index is 337. The van der Waals surface area contributed by atoms with Gasteiger partial charge in [-0.3, -0.25) is 4.79 Å². The van der Waals surface area contributed by atoms with Gasteiger partial charge in [0, 0.05) is 6.42 Å². The molecule has 0 aliphatic rings. The smallest absolute Gasteiger partial charge is 0.305 e. The van der Waals surface area contributed by atoms with Crippen molar-refractivity contribution in [2.75, 3.05) is 6.61 Å². The summed E-state index contributed by atoms with van der Waals surface area (Å²) in [4.78, 5) is 11.8. The predicted octanol–water partition coefficient (Wildman–Crippen LogP) is 8.78. The molecule has 0 saturated heterocycles. The average Bonchev–Trinajstić information content (AvgIpc) is 2.71. The standard InChI is InChI=1S/C26H50O2/c1-4-7-9-10-11-12-13-14-15-16-17-18-19-20-21-23-26(27)28-24-25(6-3)22-8-5-2/h4,25H,1,5-24H2,2-3H3. The van der Waals surface area contributed by atoms with E-state index >= 15 is 0 Å². The van der Waals surface area contributed by atoms with Crippen LogP contribution in [0.3, 0.4) is 0 Å². The van der Waals surface area contributed by atoms with Crippen LogP contribution in [-0.2, 0) is 9.53 Å². The number of hydrogen-bond donors (Lipinski definition) is 0. The molecule has 2 heteroatoms. The summed E-state index contributed by atoms with van der Waals surface area (Å²) < 4.78 is 5.47. The lowest BCUT2D eigenvalue weighted by molar-refractivity contribution is -0.145. The highest BCUT2D eigenvalue weighted by Gasteiger charge is 2.09. The van der Waals surface area contributed by atoms with Crippen molar-refractivity contribution in [3.63, 3.8) is 0 Å². The van der Waals surface area contributed by atoms with Crippen molar-refractivity contribution >= 4 is 5.97 Å². The first kappa shape index (κ1) is 27.2. The van der Waals surface area contributed by atoms with Crippen LogP contribution in [0.4, 0.5) is 0 Å². The van der Waals surface area contributed by atoms with E-state index in [0.29, 0.717) is 18.9 Å². The molecule has 0 fully saturated rings. The summed E-state index contributed by atoms with van der Waals surface area (Å²) in [5.74, 6) is 0.570. The van der Waals surface area contributed by atoms with Crippen LogP contribution in [0, 0.1) is 5.92 Å². The molecule has 0 heterocycles. The van der Waals surface area contributed by atoms with Crippen molar-refractivity contribution in [2.45, 2.75) is 136 Å². The van der Waals surface area contributed by atoms with Gasteiger partial charge < -0.3 is 4.74 Å². The third kappa shape index (κ3) is 20.0. The molecule has 0 aliphatic heterocycles. The molecule has 0 spiro atoms. The van der Waals surface area contributed by atoms with Crippen LogP contribution in [0.2, 0.25) is 0 Å². The average molecular weight is 395 g/mol. The molecule has 1 atom stereocenters. The molecule has 1 unspecified atom stereocenters. The second-order valence-corrected chi connectivity index (χ2v) is 8.52. The fourth-order valence-corrected chi connectivity index (χ4v) is 3.68. The van der Waals surface area contributed by atoms with Crippen molar-refractivity contribution in [2.24, 2.45) is 5.92 Å².